The summed E-state index contributed by atoms with van der Waals surface area (Å²) in [7, 11) is 4.26. The van der Waals surface area contributed by atoms with Gasteiger partial charge in [0.2, 0.25) is 0 Å². The smallest absolute Gasteiger partial charge is 0.0282 e. The Balaban J connectivity index is 1.90. The van der Waals surface area contributed by atoms with Crippen LogP contribution < -0.4 is 5.32 Å². The first-order valence-electron chi connectivity index (χ1n) is 5.09. The van der Waals surface area contributed by atoms with Gasteiger partial charge in [0.1, 0.15) is 0 Å². The van der Waals surface area contributed by atoms with Crippen LogP contribution in [0.3, 0.4) is 0 Å². The lowest BCUT2D eigenvalue weighted by atomic mass is 10.3. The Morgan fingerprint density at radius 2 is 2.08 bits per heavy atom. The van der Waals surface area contributed by atoms with Gasteiger partial charge in [-0.1, -0.05) is 0 Å². The van der Waals surface area contributed by atoms with E-state index in [0.29, 0.717) is 4.75 Å². The highest BCUT2D eigenvalue weighted by molar-refractivity contribution is 8.00. The van der Waals surface area contributed by atoms with Crippen LogP contribution in [0.2, 0.25) is 0 Å². The first-order valence-corrected chi connectivity index (χ1v) is 6.32. The average molecular weight is 202 g/mol. The summed E-state index contributed by atoms with van der Waals surface area (Å²) < 4.78 is 0.623. The normalized spacial score (nSPS) is 19.4. The zero-order valence-corrected chi connectivity index (χ0v) is 9.91. The van der Waals surface area contributed by atoms with Crippen LogP contribution in [0.15, 0.2) is 0 Å². The summed E-state index contributed by atoms with van der Waals surface area (Å²) in [4.78, 5) is 2.24. The first-order chi connectivity index (χ1) is 6.18. The molecule has 0 aromatic rings. The van der Waals surface area contributed by atoms with Crippen LogP contribution in [0.25, 0.3) is 0 Å². The molecule has 0 saturated heterocycles. The summed E-state index contributed by atoms with van der Waals surface area (Å²) in [6.45, 7) is 3.57. The third kappa shape index (κ3) is 4.34. The van der Waals surface area contributed by atoms with Crippen molar-refractivity contribution >= 4 is 11.8 Å². The van der Waals surface area contributed by atoms with Crippen LogP contribution in [0.4, 0.5) is 0 Å². The van der Waals surface area contributed by atoms with Crippen molar-refractivity contribution in [3.05, 3.63) is 0 Å². The number of nitrogens with zero attached hydrogens (tertiary/aromatic N) is 1. The molecule has 13 heavy (non-hydrogen) atoms. The highest BCUT2D eigenvalue weighted by Gasteiger charge is 2.41. The summed E-state index contributed by atoms with van der Waals surface area (Å²) in [6, 6.07) is 0. The summed E-state index contributed by atoms with van der Waals surface area (Å²) in [5.41, 5.74) is 0. The van der Waals surface area contributed by atoms with Gasteiger partial charge in [0.05, 0.1) is 0 Å². The molecule has 2 nitrogen and oxygen atoms in total. The van der Waals surface area contributed by atoms with Gasteiger partial charge in [-0.25, -0.2) is 0 Å². The van der Waals surface area contributed by atoms with Crippen molar-refractivity contribution in [2.75, 3.05) is 40.0 Å². The van der Waals surface area contributed by atoms with Crippen LogP contribution in [0.1, 0.15) is 19.3 Å². The molecule has 1 fully saturated rings. The Kier molecular flexibility index (Phi) is 4.56. The fraction of sp³-hybridized carbons (Fsp3) is 1.00. The van der Waals surface area contributed by atoms with E-state index < -0.39 is 0 Å². The third-order valence-electron chi connectivity index (χ3n) is 2.65. The van der Waals surface area contributed by atoms with Gasteiger partial charge in [0.15, 0.2) is 0 Å². The Morgan fingerprint density at radius 1 is 1.38 bits per heavy atom. The molecule has 0 atom stereocenters. The molecule has 0 radical (unpaired) electrons. The second-order valence-electron chi connectivity index (χ2n) is 4.22. The van der Waals surface area contributed by atoms with Crippen LogP contribution in [-0.2, 0) is 0 Å². The monoisotopic (exact) mass is 202 g/mol. The highest BCUT2D eigenvalue weighted by atomic mass is 32.2. The molecule has 0 unspecified atom stereocenters. The lowest BCUT2D eigenvalue weighted by Gasteiger charge is -2.14. The highest BCUT2D eigenvalue weighted by Crippen LogP contribution is 2.46. The van der Waals surface area contributed by atoms with E-state index in [-0.39, 0.29) is 0 Å². The van der Waals surface area contributed by atoms with E-state index in [1.165, 1.54) is 38.9 Å². The summed E-state index contributed by atoms with van der Waals surface area (Å²) in [5.74, 6) is 0. The van der Waals surface area contributed by atoms with Gasteiger partial charge in [0.25, 0.3) is 0 Å². The number of nitrogens with one attached hydrogen (secondary N) is 1. The first kappa shape index (κ1) is 11.3. The Bertz CT molecular complexity index is 144. The number of hydrogen-bond acceptors (Lipinski definition) is 3. The van der Waals surface area contributed by atoms with Gasteiger partial charge < -0.3 is 10.2 Å². The van der Waals surface area contributed by atoms with Crippen molar-refractivity contribution in [3.63, 3.8) is 0 Å². The minimum atomic E-state index is 0.623. The molecule has 0 aromatic carbocycles. The molecule has 0 aromatic heterocycles. The van der Waals surface area contributed by atoms with Crippen LogP contribution in [0.5, 0.6) is 0 Å². The standard InChI is InChI=1S/C10H22N2S/c1-12(2)8-4-7-11-9-10(13-3)5-6-10/h11H,4-9H2,1-3H3. The zero-order chi connectivity index (χ0) is 9.73. The molecule has 0 bridgehead atoms. The minimum Gasteiger partial charge on any atom is -0.315 e. The molecular formula is C10H22N2S. The molecule has 78 valence electrons. The average Bonchev–Trinajstić information content (AvgIpc) is 2.84. The predicted octanol–water partition coefficient (Wildman–Crippen LogP) is 1.42. The molecule has 1 aliphatic rings. The van der Waals surface area contributed by atoms with Gasteiger partial charge >= 0.3 is 0 Å². The fourth-order valence-corrected chi connectivity index (χ4v) is 2.19. The molecule has 0 heterocycles. The van der Waals surface area contributed by atoms with Gasteiger partial charge in [-0.15, -0.1) is 0 Å². The molecule has 3 heteroatoms. The maximum absolute atomic E-state index is 3.55. The van der Waals surface area contributed by atoms with Gasteiger partial charge in [-0.2, -0.15) is 11.8 Å². The third-order valence-corrected chi connectivity index (χ3v) is 4.07. The quantitative estimate of drug-likeness (QED) is 0.629. The second-order valence-corrected chi connectivity index (χ2v) is 5.50. The largest absolute Gasteiger partial charge is 0.315 e. The molecule has 1 saturated carbocycles. The second kappa shape index (κ2) is 5.23. The van der Waals surface area contributed by atoms with E-state index in [9.17, 15) is 0 Å². The van der Waals surface area contributed by atoms with E-state index in [0.717, 1.165) is 0 Å². The number of thioether (sulfide) groups is 1. The lowest BCUT2D eigenvalue weighted by Crippen LogP contribution is -2.28. The topological polar surface area (TPSA) is 15.3 Å². The fourth-order valence-electron chi connectivity index (χ4n) is 1.43. The van der Waals surface area contributed by atoms with Crippen molar-refractivity contribution < 1.29 is 0 Å². The molecule has 0 spiro atoms. The van der Waals surface area contributed by atoms with Crippen molar-refractivity contribution in [1.29, 1.82) is 0 Å². The van der Waals surface area contributed by atoms with E-state index in [1.807, 2.05) is 11.8 Å². The van der Waals surface area contributed by atoms with Crippen molar-refractivity contribution in [2.24, 2.45) is 0 Å². The van der Waals surface area contributed by atoms with Gasteiger partial charge in [-0.3, -0.25) is 0 Å². The van der Waals surface area contributed by atoms with Crippen LogP contribution in [0, 0.1) is 0 Å². The van der Waals surface area contributed by atoms with Crippen molar-refractivity contribution in [3.8, 4) is 0 Å². The maximum atomic E-state index is 3.55. The van der Waals surface area contributed by atoms with Crippen LogP contribution in [-0.4, -0.2) is 49.6 Å². The van der Waals surface area contributed by atoms with Gasteiger partial charge in [0, 0.05) is 11.3 Å². The number of hydrogen-bond donors (Lipinski definition) is 1. The lowest BCUT2D eigenvalue weighted by molar-refractivity contribution is 0.394. The minimum absolute atomic E-state index is 0.623. The summed E-state index contributed by atoms with van der Waals surface area (Å²) in [6.07, 6.45) is 6.32. The Morgan fingerprint density at radius 3 is 2.54 bits per heavy atom. The van der Waals surface area contributed by atoms with Crippen LogP contribution >= 0.6 is 11.8 Å². The number of rotatable bonds is 7. The molecule has 1 aliphatic carbocycles. The molecule has 0 aliphatic heterocycles. The molecular weight excluding hydrogens is 180 g/mol. The van der Waals surface area contributed by atoms with E-state index in [2.05, 4.69) is 30.6 Å². The molecule has 1 N–H and O–H groups in total. The predicted molar refractivity (Wildman–Crippen MR) is 61.5 cm³/mol. The summed E-state index contributed by atoms with van der Waals surface area (Å²) in [5, 5.41) is 3.55. The van der Waals surface area contributed by atoms with Crippen molar-refractivity contribution in [1.82, 2.24) is 10.2 Å². The Hall–Kier alpha value is 0.270. The maximum Gasteiger partial charge on any atom is 0.0282 e. The molecule has 0 amide bonds. The summed E-state index contributed by atoms with van der Waals surface area (Å²) >= 11 is 2.03. The Labute approximate surface area is 86.5 Å². The van der Waals surface area contributed by atoms with E-state index in [1.54, 1.807) is 0 Å². The van der Waals surface area contributed by atoms with E-state index >= 15 is 0 Å². The van der Waals surface area contributed by atoms with E-state index in [4.69, 9.17) is 0 Å². The SMILES string of the molecule is CSC1(CNCCCN(C)C)CC1. The molecule has 1 rings (SSSR count). The zero-order valence-electron chi connectivity index (χ0n) is 9.10. The van der Waals surface area contributed by atoms with Crippen molar-refractivity contribution in [2.45, 2.75) is 24.0 Å². The van der Waals surface area contributed by atoms with Gasteiger partial charge in [-0.05, 0) is 52.7 Å².